The van der Waals surface area contributed by atoms with Gasteiger partial charge in [-0.1, -0.05) is 0 Å². The SMILES string of the molecule is CC(C)(C)OC(=O)N1C2CCC1[C@H](F)[C@H](NC1CC1)C2. The van der Waals surface area contributed by atoms with Crippen molar-refractivity contribution < 1.29 is 13.9 Å². The average molecular weight is 284 g/mol. The van der Waals surface area contributed by atoms with Gasteiger partial charge in [-0.25, -0.2) is 9.18 Å². The molecule has 114 valence electrons. The standard InChI is InChI=1S/C15H25FN2O2/c1-15(2,3)20-14(19)18-10-6-7-12(18)13(16)11(8-10)17-9-4-5-9/h9-13,17H,4-8H2,1-3H3/t10?,11-,12?,13-/m1/s1. The summed E-state index contributed by atoms with van der Waals surface area (Å²) in [6.07, 6.45) is 3.37. The van der Waals surface area contributed by atoms with Crippen molar-refractivity contribution >= 4 is 6.09 Å². The van der Waals surface area contributed by atoms with E-state index in [2.05, 4.69) is 5.32 Å². The number of ether oxygens (including phenoxy) is 1. The molecule has 0 spiro atoms. The fraction of sp³-hybridized carbons (Fsp3) is 0.933. The molecule has 2 unspecified atom stereocenters. The van der Waals surface area contributed by atoms with Crippen LogP contribution >= 0.6 is 0 Å². The van der Waals surface area contributed by atoms with Crippen LogP contribution in [-0.2, 0) is 4.74 Å². The summed E-state index contributed by atoms with van der Waals surface area (Å²) < 4.78 is 20.1. The Bertz CT molecular complexity index is 392. The maximum absolute atomic E-state index is 14.7. The lowest BCUT2D eigenvalue weighted by atomic mass is 9.95. The van der Waals surface area contributed by atoms with Crippen molar-refractivity contribution in [3.05, 3.63) is 0 Å². The second-order valence-corrected chi connectivity index (χ2v) is 7.41. The third-order valence-corrected chi connectivity index (χ3v) is 4.46. The molecule has 0 radical (unpaired) electrons. The number of hydrogen-bond donors (Lipinski definition) is 1. The summed E-state index contributed by atoms with van der Waals surface area (Å²) in [6, 6.07) is 0.252. The number of rotatable bonds is 2. The van der Waals surface area contributed by atoms with Gasteiger partial charge in [0, 0.05) is 18.1 Å². The van der Waals surface area contributed by atoms with Crippen molar-refractivity contribution in [1.29, 1.82) is 0 Å². The topological polar surface area (TPSA) is 41.6 Å². The molecule has 1 N–H and O–H groups in total. The Balaban J connectivity index is 1.67. The molecule has 2 bridgehead atoms. The zero-order chi connectivity index (χ0) is 14.5. The van der Waals surface area contributed by atoms with Crippen LogP contribution in [0, 0.1) is 0 Å². The van der Waals surface area contributed by atoms with Crippen LogP contribution in [0.25, 0.3) is 0 Å². The quantitative estimate of drug-likeness (QED) is 0.847. The van der Waals surface area contributed by atoms with E-state index in [0.717, 1.165) is 25.7 Å². The summed E-state index contributed by atoms with van der Waals surface area (Å²) in [5.74, 6) is 0. The Labute approximate surface area is 120 Å². The van der Waals surface area contributed by atoms with E-state index in [0.29, 0.717) is 12.5 Å². The van der Waals surface area contributed by atoms with Crippen LogP contribution in [0.1, 0.15) is 52.9 Å². The number of halogens is 1. The second-order valence-electron chi connectivity index (χ2n) is 7.41. The van der Waals surface area contributed by atoms with Gasteiger partial charge in [0.25, 0.3) is 0 Å². The van der Waals surface area contributed by atoms with Gasteiger partial charge in [0.15, 0.2) is 0 Å². The number of nitrogens with zero attached hydrogens (tertiary/aromatic N) is 1. The Morgan fingerprint density at radius 1 is 1.25 bits per heavy atom. The molecule has 20 heavy (non-hydrogen) atoms. The first-order valence-corrected chi connectivity index (χ1v) is 7.76. The molecule has 1 amide bonds. The highest BCUT2D eigenvalue weighted by atomic mass is 19.1. The molecule has 0 aromatic rings. The predicted molar refractivity (Wildman–Crippen MR) is 74.3 cm³/mol. The molecular weight excluding hydrogens is 259 g/mol. The molecule has 2 heterocycles. The number of nitrogens with one attached hydrogen (secondary N) is 1. The van der Waals surface area contributed by atoms with Gasteiger partial charge in [-0.3, -0.25) is 4.90 Å². The molecule has 0 aromatic heterocycles. The zero-order valence-electron chi connectivity index (χ0n) is 12.6. The molecule has 0 aromatic carbocycles. The van der Waals surface area contributed by atoms with E-state index in [1.54, 1.807) is 4.90 Å². The van der Waals surface area contributed by atoms with Crippen LogP contribution in [-0.4, -0.2) is 46.9 Å². The maximum atomic E-state index is 14.7. The van der Waals surface area contributed by atoms with Gasteiger partial charge in [0.1, 0.15) is 11.8 Å². The summed E-state index contributed by atoms with van der Waals surface area (Å²) in [6.45, 7) is 5.55. The Kier molecular flexibility index (Phi) is 3.43. The van der Waals surface area contributed by atoms with E-state index in [9.17, 15) is 9.18 Å². The molecular formula is C15H25FN2O2. The minimum Gasteiger partial charge on any atom is -0.444 e. The minimum absolute atomic E-state index is 0.0845. The third kappa shape index (κ3) is 2.78. The molecule has 4 atom stereocenters. The summed E-state index contributed by atoms with van der Waals surface area (Å²) in [5, 5.41) is 3.40. The zero-order valence-corrected chi connectivity index (χ0v) is 12.6. The highest BCUT2D eigenvalue weighted by Gasteiger charge is 2.51. The first kappa shape index (κ1) is 14.1. The number of hydrogen-bond acceptors (Lipinski definition) is 3. The Hall–Kier alpha value is -0.840. The molecule has 3 fully saturated rings. The third-order valence-electron chi connectivity index (χ3n) is 4.46. The largest absolute Gasteiger partial charge is 0.444 e. The summed E-state index contributed by atoms with van der Waals surface area (Å²) in [7, 11) is 0. The fourth-order valence-corrected chi connectivity index (χ4v) is 3.46. The summed E-state index contributed by atoms with van der Waals surface area (Å²) in [4.78, 5) is 13.9. The van der Waals surface area contributed by atoms with Gasteiger partial charge in [0.2, 0.25) is 0 Å². The van der Waals surface area contributed by atoms with E-state index in [1.807, 2.05) is 20.8 Å². The number of amides is 1. The van der Waals surface area contributed by atoms with Crippen molar-refractivity contribution in [2.24, 2.45) is 0 Å². The first-order valence-electron chi connectivity index (χ1n) is 7.76. The molecule has 1 saturated carbocycles. The lowest BCUT2D eigenvalue weighted by Gasteiger charge is -2.41. The van der Waals surface area contributed by atoms with Crippen molar-refractivity contribution in [2.45, 2.75) is 88.8 Å². The van der Waals surface area contributed by atoms with Gasteiger partial charge < -0.3 is 10.1 Å². The molecule has 3 rings (SSSR count). The number of alkyl halides is 1. The monoisotopic (exact) mass is 284 g/mol. The van der Waals surface area contributed by atoms with E-state index >= 15 is 0 Å². The van der Waals surface area contributed by atoms with Crippen LogP contribution in [0.5, 0.6) is 0 Å². The summed E-state index contributed by atoms with van der Waals surface area (Å²) in [5.41, 5.74) is -0.522. The van der Waals surface area contributed by atoms with Crippen LogP contribution in [0.3, 0.4) is 0 Å². The van der Waals surface area contributed by atoms with Gasteiger partial charge in [-0.05, 0) is 52.9 Å². The second kappa shape index (κ2) is 4.86. The molecule has 3 aliphatic rings. The molecule has 1 aliphatic carbocycles. The highest BCUT2D eigenvalue weighted by molar-refractivity contribution is 5.70. The number of piperidine rings is 1. The summed E-state index contributed by atoms with van der Waals surface area (Å²) >= 11 is 0. The fourth-order valence-electron chi connectivity index (χ4n) is 3.46. The van der Waals surface area contributed by atoms with E-state index in [4.69, 9.17) is 4.74 Å². The van der Waals surface area contributed by atoms with Crippen molar-refractivity contribution in [2.75, 3.05) is 0 Å². The Morgan fingerprint density at radius 3 is 2.55 bits per heavy atom. The molecule has 5 heteroatoms. The predicted octanol–water partition coefficient (Wildman–Crippen LogP) is 2.62. The van der Waals surface area contributed by atoms with Crippen LogP contribution in [0.2, 0.25) is 0 Å². The highest BCUT2D eigenvalue weighted by Crippen LogP contribution is 2.39. The van der Waals surface area contributed by atoms with Gasteiger partial charge >= 0.3 is 6.09 Å². The Morgan fingerprint density at radius 2 is 1.95 bits per heavy atom. The lowest BCUT2D eigenvalue weighted by molar-refractivity contribution is -0.0135. The number of carbonyl (C=O) groups excluding carboxylic acids is 1. The number of fused-ring (bicyclic) bond motifs is 2. The smallest absolute Gasteiger partial charge is 0.410 e. The number of carbonyl (C=O) groups is 1. The van der Waals surface area contributed by atoms with Crippen LogP contribution in [0.4, 0.5) is 9.18 Å². The van der Waals surface area contributed by atoms with Crippen LogP contribution < -0.4 is 5.32 Å². The lowest BCUT2D eigenvalue weighted by Crippen LogP contribution is -2.59. The van der Waals surface area contributed by atoms with Crippen molar-refractivity contribution in [3.8, 4) is 0 Å². The van der Waals surface area contributed by atoms with Gasteiger partial charge in [0.05, 0.1) is 6.04 Å². The van der Waals surface area contributed by atoms with Crippen LogP contribution in [0.15, 0.2) is 0 Å². The first-order chi connectivity index (χ1) is 9.35. The van der Waals surface area contributed by atoms with Crippen molar-refractivity contribution in [3.63, 3.8) is 0 Å². The van der Waals surface area contributed by atoms with E-state index in [1.165, 1.54) is 0 Å². The van der Waals surface area contributed by atoms with E-state index < -0.39 is 11.8 Å². The average Bonchev–Trinajstić information content (AvgIpc) is 3.04. The van der Waals surface area contributed by atoms with Crippen molar-refractivity contribution in [1.82, 2.24) is 10.2 Å². The van der Waals surface area contributed by atoms with Gasteiger partial charge in [-0.2, -0.15) is 0 Å². The van der Waals surface area contributed by atoms with Gasteiger partial charge in [-0.15, -0.1) is 0 Å². The molecule has 4 nitrogen and oxygen atoms in total. The normalized spacial score (nSPS) is 37.1. The minimum atomic E-state index is -0.970. The maximum Gasteiger partial charge on any atom is 0.410 e. The van der Waals surface area contributed by atoms with E-state index in [-0.39, 0.29) is 24.2 Å². The molecule has 2 aliphatic heterocycles. The molecule has 2 saturated heterocycles.